The molecule has 1 aromatic carbocycles. The maximum absolute atomic E-state index is 12.5. The van der Waals surface area contributed by atoms with Crippen molar-refractivity contribution in [2.45, 2.75) is 4.90 Å². The topological polar surface area (TPSA) is 70.8 Å². The summed E-state index contributed by atoms with van der Waals surface area (Å²) in [6.45, 7) is 2.05. The van der Waals surface area contributed by atoms with Gasteiger partial charge in [-0.25, -0.2) is 8.42 Å². The van der Waals surface area contributed by atoms with E-state index in [0.29, 0.717) is 36.8 Å². The van der Waals surface area contributed by atoms with E-state index >= 15 is 0 Å². The first-order chi connectivity index (χ1) is 11.1. The molecule has 7 heteroatoms. The molecule has 0 N–H and O–H groups in total. The molecule has 6 nitrogen and oxygen atoms in total. The molecule has 0 atom stereocenters. The second-order valence-electron chi connectivity index (χ2n) is 5.39. The van der Waals surface area contributed by atoms with Gasteiger partial charge in [-0.2, -0.15) is 4.31 Å². The van der Waals surface area contributed by atoms with Gasteiger partial charge in [0.05, 0.1) is 17.7 Å². The molecular weight excluding hydrogens is 316 g/mol. The highest BCUT2D eigenvalue weighted by Gasteiger charge is 2.29. The zero-order valence-corrected chi connectivity index (χ0v) is 13.4. The number of nitrogens with zero attached hydrogens (tertiary/aromatic N) is 2. The highest BCUT2D eigenvalue weighted by molar-refractivity contribution is 7.89. The van der Waals surface area contributed by atoms with Crippen LogP contribution in [-0.2, 0) is 10.0 Å². The van der Waals surface area contributed by atoms with Crippen molar-refractivity contribution >= 4 is 15.8 Å². The molecule has 0 bridgehead atoms. The van der Waals surface area contributed by atoms with Gasteiger partial charge in [0.1, 0.15) is 0 Å². The second-order valence-corrected chi connectivity index (χ2v) is 7.33. The number of ketones is 1. The lowest BCUT2D eigenvalue weighted by Crippen LogP contribution is -2.49. The van der Waals surface area contributed by atoms with E-state index in [-0.39, 0.29) is 12.3 Å². The molecule has 3 rings (SSSR count). The SMILES string of the molecule is O=C(CN1CCN(S(=O)(=O)c2ccccc2)CC1)c1ccco1. The first kappa shape index (κ1) is 15.9. The number of benzene rings is 1. The fourth-order valence-electron chi connectivity index (χ4n) is 2.59. The minimum Gasteiger partial charge on any atom is -0.461 e. The predicted molar refractivity (Wildman–Crippen MR) is 84.7 cm³/mol. The molecule has 2 aromatic rings. The molecule has 1 aliphatic heterocycles. The third-order valence-corrected chi connectivity index (χ3v) is 5.79. The van der Waals surface area contributed by atoms with Crippen molar-refractivity contribution in [3.63, 3.8) is 0 Å². The molecule has 1 saturated heterocycles. The number of carbonyl (C=O) groups excluding carboxylic acids is 1. The zero-order chi connectivity index (χ0) is 16.3. The molecule has 0 aliphatic carbocycles. The molecule has 0 saturated carbocycles. The molecular formula is C16H18N2O4S. The second kappa shape index (κ2) is 6.66. The average molecular weight is 334 g/mol. The van der Waals surface area contributed by atoms with E-state index in [1.165, 1.54) is 10.6 Å². The molecule has 122 valence electrons. The van der Waals surface area contributed by atoms with Gasteiger partial charge in [0.2, 0.25) is 15.8 Å². The number of carbonyl (C=O) groups is 1. The van der Waals surface area contributed by atoms with Gasteiger partial charge >= 0.3 is 0 Å². The lowest BCUT2D eigenvalue weighted by atomic mass is 10.2. The van der Waals surface area contributed by atoms with Gasteiger partial charge in [0.25, 0.3) is 0 Å². The maximum atomic E-state index is 12.5. The smallest absolute Gasteiger partial charge is 0.243 e. The summed E-state index contributed by atoms with van der Waals surface area (Å²) in [5, 5.41) is 0. The predicted octanol–water partition coefficient (Wildman–Crippen LogP) is 1.47. The van der Waals surface area contributed by atoms with E-state index in [1.54, 1.807) is 42.5 Å². The molecule has 1 fully saturated rings. The van der Waals surface area contributed by atoms with E-state index in [0.717, 1.165) is 0 Å². The fraction of sp³-hybridized carbons (Fsp3) is 0.312. The molecule has 0 radical (unpaired) electrons. The maximum Gasteiger partial charge on any atom is 0.243 e. The van der Waals surface area contributed by atoms with E-state index in [9.17, 15) is 13.2 Å². The van der Waals surface area contributed by atoms with Crippen LogP contribution in [0, 0.1) is 0 Å². The van der Waals surface area contributed by atoms with Crippen molar-refractivity contribution in [1.29, 1.82) is 0 Å². The van der Waals surface area contributed by atoms with Crippen LogP contribution in [0.25, 0.3) is 0 Å². The normalized spacial score (nSPS) is 17.2. The summed E-state index contributed by atoms with van der Waals surface area (Å²) in [6.07, 6.45) is 1.47. The number of piperazine rings is 1. The third-order valence-electron chi connectivity index (χ3n) is 3.88. The van der Waals surface area contributed by atoms with E-state index in [4.69, 9.17) is 4.42 Å². The Balaban J connectivity index is 1.59. The van der Waals surface area contributed by atoms with Gasteiger partial charge in [-0.1, -0.05) is 18.2 Å². The molecule has 0 spiro atoms. The van der Waals surface area contributed by atoms with Crippen molar-refractivity contribution in [1.82, 2.24) is 9.21 Å². The number of furan rings is 1. The van der Waals surface area contributed by atoms with Crippen LogP contribution in [0.2, 0.25) is 0 Å². The Bertz CT molecular complexity index is 749. The van der Waals surface area contributed by atoms with E-state index in [1.807, 2.05) is 4.90 Å². The minimum absolute atomic E-state index is 0.0885. The summed E-state index contributed by atoms with van der Waals surface area (Å²) < 4.78 is 31.6. The van der Waals surface area contributed by atoms with Crippen LogP contribution >= 0.6 is 0 Å². The molecule has 0 unspecified atom stereocenters. The summed E-state index contributed by atoms with van der Waals surface area (Å²) in [4.78, 5) is 14.3. The Hall–Kier alpha value is -1.96. The Morgan fingerprint density at radius 1 is 1.00 bits per heavy atom. The van der Waals surface area contributed by atoms with Gasteiger partial charge in [0, 0.05) is 26.2 Å². The number of hydrogen-bond acceptors (Lipinski definition) is 5. The summed E-state index contributed by atoms with van der Waals surface area (Å²) in [7, 11) is -3.45. The highest BCUT2D eigenvalue weighted by Crippen LogP contribution is 2.17. The Morgan fingerprint density at radius 2 is 1.70 bits per heavy atom. The standard InChI is InChI=1S/C16H18N2O4S/c19-15(16-7-4-12-22-16)13-17-8-10-18(11-9-17)23(20,21)14-5-2-1-3-6-14/h1-7,12H,8-11,13H2. The molecule has 0 amide bonds. The van der Waals surface area contributed by atoms with Crippen LogP contribution in [0.4, 0.5) is 0 Å². The first-order valence-corrected chi connectivity index (χ1v) is 8.85. The van der Waals surface area contributed by atoms with Crippen LogP contribution in [-0.4, -0.2) is 56.1 Å². The van der Waals surface area contributed by atoms with Crippen LogP contribution < -0.4 is 0 Å². The van der Waals surface area contributed by atoms with Gasteiger partial charge in [-0.3, -0.25) is 9.69 Å². The molecule has 2 heterocycles. The van der Waals surface area contributed by atoms with Crippen molar-refractivity contribution in [3.8, 4) is 0 Å². The van der Waals surface area contributed by atoms with Gasteiger partial charge in [-0.15, -0.1) is 0 Å². The summed E-state index contributed by atoms with van der Waals surface area (Å²) >= 11 is 0. The lowest BCUT2D eigenvalue weighted by Gasteiger charge is -2.33. The van der Waals surface area contributed by atoms with Crippen molar-refractivity contribution in [3.05, 3.63) is 54.5 Å². The molecule has 1 aromatic heterocycles. The number of Topliss-reactive ketones (excluding diaryl/α,β-unsaturated/α-hetero) is 1. The van der Waals surface area contributed by atoms with Gasteiger partial charge in [-0.05, 0) is 24.3 Å². The number of sulfonamides is 1. The third kappa shape index (κ3) is 3.52. The Morgan fingerprint density at radius 3 is 2.30 bits per heavy atom. The summed E-state index contributed by atoms with van der Waals surface area (Å²) in [5.74, 6) is 0.249. The molecule has 1 aliphatic rings. The van der Waals surface area contributed by atoms with E-state index in [2.05, 4.69) is 0 Å². The molecule has 23 heavy (non-hydrogen) atoms. The van der Waals surface area contributed by atoms with Crippen molar-refractivity contribution in [2.24, 2.45) is 0 Å². The first-order valence-electron chi connectivity index (χ1n) is 7.41. The summed E-state index contributed by atoms with van der Waals surface area (Å²) in [6, 6.07) is 11.7. The van der Waals surface area contributed by atoms with E-state index < -0.39 is 10.0 Å². The van der Waals surface area contributed by atoms with Crippen molar-refractivity contribution in [2.75, 3.05) is 32.7 Å². The van der Waals surface area contributed by atoms with Crippen molar-refractivity contribution < 1.29 is 17.6 Å². The lowest BCUT2D eigenvalue weighted by molar-refractivity contribution is 0.0874. The zero-order valence-electron chi connectivity index (χ0n) is 12.6. The highest BCUT2D eigenvalue weighted by atomic mass is 32.2. The van der Waals surface area contributed by atoms with Crippen LogP contribution in [0.15, 0.2) is 58.0 Å². The monoisotopic (exact) mass is 334 g/mol. The summed E-state index contributed by atoms with van der Waals surface area (Å²) in [5.41, 5.74) is 0. The Kier molecular flexibility index (Phi) is 4.61. The van der Waals surface area contributed by atoms with Crippen LogP contribution in [0.1, 0.15) is 10.6 Å². The minimum atomic E-state index is -3.45. The van der Waals surface area contributed by atoms with Crippen LogP contribution in [0.3, 0.4) is 0 Å². The average Bonchev–Trinajstić information content (AvgIpc) is 3.11. The van der Waals surface area contributed by atoms with Gasteiger partial charge < -0.3 is 4.42 Å². The fourth-order valence-corrected chi connectivity index (χ4v) is 4.03. The van der Waals surface area contributed by atoms with Gasteiger partial charge in [0.15, 0.2) is 5.76 Å². The van der Waals surface area contributed by atoms with Crippen LogP contribution in [0.5, 0.6) is 0 Å². The largest absolute Gasteiger partial charge is 0.461 e. The number of rotatable bonds is 5. The number of hydrogen-bond donors (Lipinski definition) is 0. The quantitative estimate of drug-likeness (QED) is 0.775. The Labute approximate surface area is 135 Å².